The number of benzene rings is 12. The molecule has 296 valence electrons. The maximum atomic E-state index is 2.45. The zero-order chi connectivity index (χ0) is 41.9. The molecule has 14 aromatic rings. The highest BCUT2D eigenvalue weighted by Crippen LogP contribution is 2.44. The summed E-state index contributed by atoms with van der Waals surface area (Å²) in [6.45, 7) is 0. The van der Waals surface area contributed by atoms with Gasteiger partial charge in [0.05, 0.1) is 22.1 Å². The zero-order valence-electron chi connectivity index (χ0n) is 34.8. The fourth-order valence-corrected chi connectivity index (χ4v) is 11.0. The molecular formula is C62H38N2. The van der Waals surface area contributed by atoms with Gasteiger partial charge in [-0.2, -0.15) is 0 Å². The molecule has 2 heterocycles. The standard InChI is InChI=1S/C62H38N2/c1-2-14-44(15-3-1)63-58-24-12-10-20-50(58)55-36-40(29-32-60(55)63)41-30-33-61-56(37-41)51-21-11-13-25-59(51)64(61)45-31-28-39-26-27-42(34-43(39)35-45)54-38-57-48-18-5-4-16-46(48)47-17-6-8-22-52(47)62(57)53-23-9-7-19-49(53)54/h1-38H. The van der Waals surface area contributed by atoms with E-state index in [1.165, 1.54) is 125 Å². The van der Waals surface area contributed by atoms with Crippen LogP contribution in [0.3, 0.4) is 0 Å². The summed E-state index contributed by atoms with van der Waals surface area (Å²) in [5.41, 5.74) is 12.0. The lowest BCUT2D eigenvalue weighted by molar-refractivity contribution is 1.18. The Balaban J connectivity index is 0.925. The topological polar surface area (TPSA) is 9.86 Å². The minimum absolute atomic E-state index is 1.15. The molecule has 0 radical (unpaired) electrons. The van der Waals surface area contributed by atoms with Gasteiger partial charge in [-0.05, 0) is 149 Å². The van der Waals surface area contributed by atoms with Gasteiger partial charge in [-0.25, -0.2) is 0 Å². The van der Waals surface area contributed by atoms with Crippen molar-refractivity contribution in [2.24, 2.45) is 0 Å². The van der Waals surface area contributed by atoms with Gasteiger partial charge in [-0.3, -0.25) is 0 Å². The van der Waals surface area contributed by atoms with Crippen molar-refractivity contribution in [1.29, 1.82) is 0 Å². The van der Waals surface area contributed by atoms with E-state index in [0.29, 0.717) is 0 Å². The molecule has 0 fully saturated rings. The van der Waals surface area contributed by atoms with E-state index in [1.54, 1.807) is 0 Å². The number of rotatable bonds is 4. The van der Waals surface area contributed by atoms with Crippen LogP contribution in [0.25, 0.3) is 131 Å². The van der Waals surface area contributed by atoms with Gasteiger partial charge in [0, 0.05) is 32.9 Å². The summed E-state index contributed by atoms with van der Waals surface area (Å²) in [5, 5.41) is 17.8. The normalized spacial score (nSPS) is 12.1. The minimum Gasteiger partial charge on any atom is -0.309 e. The summed E-state index contributed by atoms with van der Waals surface area (Å²) >= 11 is 0. The van der Waals surface area contributed by atoms with Crippen LogP contribution in [0.15, 0.2) is 231 Å². The van der Waals surface area contributed by atoms with E-state index in [1.807, 2.05) is 0 Å². The summed E-state index contributed by atoms with van der Waals surface area (Å²) in [6, 6.07) is 85.3. The molecule has 64 heavy (non-hydrogen) atoms. The molecule has 0 atom stereocenters. The van der Waals surface area contributed by atoms with Gasteiger partial charge in [0.1, 0.15) is 0 Å². The molecule has 2 nitrogen and oxygen atoms in total. The van der Waals surface area contributed by atoms with E-state index in [0.717, 1.165) is 5.69 Å². The first-order valence-electron chi connectivity index (χ1n) is 22.2. The number of fused-ring (bicyclic) bond motifs is 15. The molecule has 0 aliphatic heterocycles. The van der Waals surface area contributed by atoms with Gasteiger partial charge in [-0.1, -0.05) is 158 Å². The van der Waals surface area contributed by atoms with E-state index in [4.69, 9.17) is 0 Å². The van der Waals surface area contributed by atoms with Crippen molar-refractivity contribution >= 4 is 97.5 Å². The van der Waals surface area contributed by atoms with Crippen LogP contribution in [0.5, 0.6) is 0 Å². The highest BCUT2D eigenvalue weighted by Gasteiger charge is 2.18. The summed E-state index contributed by atoms with van der Waals surface area (Å²) in [7, 11) is 0. The molecule has 0 spiro atoms. The average molecular weight is 811 g/mol. The monoisotopic (exact) mass is 810 g/mol. The SMILES string of the molecule is c1ccc(-n2c3ccccc3c3cc(-c4ccc5c(c4)c4ccccc4n5-c4ccc5ccc(-c6cc7c8ccccc8c8ccccc8c7c7ccccc67)cc5c4)ccc32)cc1. The molecular weight excluding hydrogens is 773 g/mol. The second kappa shape index (κ2) is 13.5. The average Bonchev–Trinajstić information content (AvgIpc) is 3.88. The van der Waals surface area contributed by atoms with Crippen molar-refractivity contribution in [3.8, 4) is 33.6 Å². The maximum absolute atomic E-state index is 2.45. The minimum atomic E-state index is 1.15. The zero-order valence-corrected chi connectivity index (χ0v) is 34.8. The van der Waals surface area contributed by atoms with Gasteiger partial charge in [0.2, 0.25) is 0 Å². The first-order chi connectivity index (χ1) is 31.7. The largest absolute Gasteiger partial charge is 0.309 e. The second-order valence-corrected chi connectivity index (χ2v) is 17.2. The Kier molecular flexibility index (Phi) is 7.43. The van der Waals surface area contributed by atoms with Crippen LogP contribution in [0.2, 0.25) is 0 Å². The van der Waals surface area contributed by atoms with E-state index in [-0.39, 0.29) is 0 Å². The van der Waals surface area contributed by atoms with Crippen molar-refractivity contribution in [2.75, 3.05) is 0 Å². The van der Waals surface area contributed by atoms with Crippen LogP contribution in [0, 0.1) is 0 Å². The highest BCUT2D eigenvalue weighted by molar-refractivity contribution is 6.33. The Morgan fingerprint density at radius 3 is 1.31 bits per heavy atom. The first kappa shape index (κ1) is 35.2. The third-order valence-corrected chi connectivity index (χ3v) is 13.8. The molecule has 2 heteroatoms. The third-order valence-electron chi connectivity index (χ3n) is 13.8. The van der Waals surface area contributed by atoms with Crippen molar-refractivity contribution in [2.45, 2.75) is 0 Å². The molecule has 0 unspecified atom stereocenters. The Morgan fingerprint density at radius 1 is 0.219 bits per heavy atom. The fourth-order valence-electron chi connectivity index (χ4n) is 11.0. The number of aromatic nitrogens is 2. The molecule has 0 saturated heterocycles. The van der Waals surface area contributed by atoms with Crippen molar-refractivity contribution in [3.63, 3.8) is 0 Å². The van der Waals surface area contributed by atoms with Crippen LogP contribution >= 0.6 is 0 Å². The molecule has 0 N–H and O–H groups in total. The van der Waals surface area contributed by atoms with E-state index in [9.17, 15) is 0 Å². The van der Waals surface area contributed by atoms with E-state index < -0.39 is 0 Å². The number of hydrogen-bond donors (Lipinski definition) is 0. The lowest BCUT2D eigenvalue weighted by Gasteiger charge is -2.16. The fraction of sp³-hybridized carbons (Fsp3) is 0. The molecule has 0 amide bonds. The van der Waals surface area contributed by atoms with Gasteiger partial charge < -0.3 is 9.13 Å². The molecule has 0 saturated carbocycles. The molecule has 0 aliphatic rings. The molecule has 0 bridgehead atoms. The third kappa shape index (κ3) is 5.08. The lowest BCUT2D eigenvalue weighted by atomic mass is 9.87. The van der Waals surface area contributed by atoms with Gasteiger partial charge in [-0.15, -0.1) is 0 Å². The number of para-hydroxylation sites is 3. The number of hydrogen-bond acceptors (Lipinski definition) is 0. The first-order valence-corrected chi connectivity index (χ1v) is 22.2. The van der Waals surface area contributed by atoms with Crippen LogP contribution in [-0.4, -0.2) is 9.13 Å². The molecule has 0 aliphatic carbocycles. The molecule has 14 rings (SSSR count). The second-order valence-electron chi connectivity index (χ2n) is 17.2. The van der Waals surface area contributed by atoms with E-state index in [2.05, 4.69) is 240 Å². The lowest BCUT2D eigenvalue weighted by Crippen LogP contribution is -1.94. The summed E-state index contributed by atoms with van der Waals surface area (Å²) in [4.78, 5) is 0. The van der Waals surface area contributed by atoms with Gasteiger partial charge in [0.15, 0.2) is 0 Å². The van der Waals surface area contributed by atoms with E-state index >= 15 is 0 Å². The smallest absolute Gasteiger partial charge is 0.0541 e. The van der Waals surface area contributed by atoms with Crippen molar-refractivity contribution in [3.05, 3.63) is 231 Å². The van der Waals surface area contributed by atoms with Crippen LogP contribution in [0.4, 0.5) is 0 Å². The summed E-state index contributed by atoms with van der Waals surface area (Å²) < 4.78 is 4.82. The van der Waals surface area contributed by atoms with Crippen LogP contribution in [-0.2, 0) is 0 Å². The number of nitrogens with zero attached hydrogens (tertiary/aromatic N) is 2. The van der Waals surface area contributed by atoms with Crippen LogP contribution in [0.1, 0.15) is 0 Å². The van der Waals surface area contributed by atoms with Crippen LogP contribution < -0.4 is 0 Å². The Labute approximate surface area is 369 Å². The van der Waals surface area contributed by atoms with Gasteiger partial charge >= 0.3 is 0 Å². The maximum Gasteiger partial charge on any atom is 0.0541 e. The highest BCUT2D eigenvalue weighted by atomic mass is 15.0. The predicted octanol–water partition coefficient (Wildman–Crippen LogP) is 17.0. The molecule has 2 aromatic heterocycles. The van der Waals surface area contributed by atoms with Crippen molar-refractivity contribution in [1.82, 2.24) is 9.13 Å². The Morgan fingerprint density at radius 2 is 0.672 bits per heavy atom. The quantitative estimate of drug-likeness (QED) is 0.157. The molecule has 12 aromatic carbocycles. The van der Waals surface area contributed by atoms with Crippen molar-refractivity contribution < 1.29 is 0 Å². The Hall–Kier alpha value is -8.46. The van der Waals surface area contributed by atoms with Gasteiger partial charge in [0.25, 0.3) is 0 Å². The summed E-state index contributed by atoms with van der Waals surface area (Å²) in [5.74, 6) is 0. The summed E-state index contributed by atoms with van der Waals surface area (Å²) in [6.07, 6.45) is 0. The Bertz CT molecular complexity index is 4240. The predicted molar refractivity (Wildman–Crippen MR) is 274 cm³/mol.